The highest BCUT2D eigenvalue weighted by atomic mass is 35.5. The van der Waals surface area contributed by atoms with Crippen LogP contribution in [-0.2, 0) is 0 Å². The van der Waals surface area contributed by atoms with E-state index in [-0.39, 0.29) is 0 Å². The van der Waals surface area contributed by atoms with Crippen LogP contribution in [0.15, 0.2) is 48.7 Å². The topological polar surface area (TPSA) is 32.9 Å². The highest BCUT2D eigenvalue weighted by Gasteiger charge is 2.39. The van der Waals surface area contributed by atoms with Crippen molar-refractivity contribution in [3.05, 3.63) is 69.8 Å². The van der Waals surface area contributed by atoms with Gasteiger partial charge in [-0.1, -0.05) is 41.4 Å². The Hall–Kier alpha value is -2.24. The van der Waals surface area contributed by atoms with E-state index in [2.05, 4.69) is 4.98 Å². The van der Waals surface area contributed by atoms with Gasteiger partial charge >= 0.3 is 6.18 Å². The van der Waals surface area contributed by atoms with Gasteiger partial charge in [-0.2, -0.15) is 13.2 Å². The third-order valence-corrected chi connectivity index (χ3v) is 4.42. The van der Waals surface area contributed by atoms with Crippen LogP contribution in [-0.4, -0.2) is 16.9 Å². The molecule has 0 fully saturated rings. The smallest absolute Gasteiger partial charge is 0.360 e. The normalized spacial score (nSPS) is 11.6. The molecule has 1 heterocycles. The minimum absolute atomic E-state index is 0.406. The van der Waals surface area contributed by atoms with E-state index in [4.69, 9.17) is 23.2 Å². The summed E-state index contributed by atoms with van der Waals surface area (Å²) in [6.45, 7) is 1.83. The van der Waals surface area contributed by atoms with Crippen molar-refractivity contribution < 1.29 is 18.0 Å². The number of rotatable bonds is 3. The van der Waals surface area contributed by atoms with Gasteiger partial charge in [0.05, 0.1) is 0 Å². The first-order chi connectivity index (χ1) is 12.2. The first kappa shape index (κ1) is 18.5. The van der Waals surface area contributed by atoms with Gasteiger partial charge in [-0.15, -0.1) is 0 Å². The second-order valence-corrected chi connectivity index (χ2v) is 6.64. The Balaban J connectivity index is 2.04. The van der Waals surface area contributed by atoms with E-state index in [1.54, 1.807) is 30.5 Å². The van der Waals surface area contributed by atoms with Gasteiger partial charge in [-0.3, -0.25) is 4.79 Å². The fraction of sp³-hybridized carbons (Fsp3) is 0.105. The summed E-state index contributed by atoms with van der Waals surface area (Å²) in [5, 5.41) is 0.958. The zero-order valence-corrected chi connectivity index (χ0v) is 14.9. The van der Waals surface area contributed by atoms with Crippen molar-refractivity contribution in [1.82, 2.24) is 4.98 Å². The molecular weight excluding hydrogens is 386 g/mol. The van der Waals surface area contributed by atoms with Crippen molar-refractivity contribution in [2.75, 3.05) is 0 Å². The minimum Gasteiger partial charge on any atom is -0.360 e. The number of carbonyl (C=O) groups excluding carboxylic acids is 1. The first-order valence-electron chi connectivity index (χ1n) is 7.53. The van der Waals surface area contributed by atoms with Crippen LogP contribution in [0.2, 0.25) is 10.0 Å². The van der Waals surface area contributed by atoms with E-state index in [0.717, 1.165) is 22.8 Å². The summed E-state index contributed by atoms with van der Waals surface area (Å²) in [5.41, 5.74) is 3.10. The molecule has 2 aromatic carbocycles. The number of H-pyrrole nitrogens is 1. The number of alkyl halides is 3. The maximum Gasteiger partial charge on any atom is 0.454 e. The van der Waals surface area contributed by atoms with E-state index >= 15 is 0 Å². The van der Waals surface area contributed by atoms with Gasteiger partial charge in [-0.25, -0.2) is 0 Å². The molecule has 1 aromatic heterocycles. The van der Waals surface area contributed by atoms with E-state index in [0.29, 0.717) is 21.3 Å². The summed E-state index contributed by atoms with van der Waals surface area (Å²) in [6, 6.07) is 10.5. The number of aromatic amines is 1. The lowest BCUT2D eigenvalue weighted by Gasteiger charge is -2.08. The van der Waals surface area contributed by atoms with Gasteiger partial charge in [0.1, 0.15) is 0 Å². The second-order valence-electron chi connectivity index (χ2n) is 5.77. The lowest BCUT2D eigenvalue weighted by Crippen LogP contribution is -2.22. The van der Waals surface area contributed by atoms with Gasteiger partial charge in [0.2, 0.25) is 0 Å². The Kier molecular flexibility index (Phi) is 4.86. The lowest BCUT2D eigenvalue weighted by atomic mass is 9.99. The number of aromatic nitrogens is 1. The molecule has 7 heteroatoms. The Morgan fingerprint density at radius 3 is 2.27 bits per heavy atom. The number of benzene rings is 2. The van der Waals surface area contributed by atoms with Gasteiger partial charge in [0.25, 0.3) is 5.78 Å². The molecule has 2 nitrogen and oxygen atoms in total. The van der Waals surface area contributed by atoms with E-state index in [1.165, 1.54) is 12.1 Å². The fourth-order valence-electron chi connectivity index (χ4n) is 2.78. The van der Waals surface area contributed by atoms with Crippen molar-refractivity contribution in [1.29, 1.82) is 0 Å². The highest BCUT2D eigenvalue weighted by molar-refractivity contribution is 6.35. The number of hydrogen-bond acceptors (Lipinski definition) is 1. The largest absolute Gasteiger partial charge is 0.454 e. The zero-order valence-electron chi connectivity index (χ0n) is 13.4. The quantitative estimate of drug-likeness (QED) is 0.489. The summed E-state index contributed by atoms with van der Waals surface area (Å²) in [4.78, 5) is 14.5. The number of hydrogen-bond donors (Lipinski definition) is 1. The number of ketones is 1. The maximum atomic E-state index is 12.7. The average Bonchev–Trinajstić information content (AvgIpc) is 2.94. The zero-order chi connectivity index (χ0) is 19.1. The van der Waals surface area contributed by atoms with Crippen molar-refractivity contribution in [3.8, 4) is 22.4 Å². The molecule has 0 unspecified atom stereocenters. The van der Waals surface area contributed by atoms with Crippen molar-refractivity contribution in [3.63, 3.8) is 0 Å². The van der Waals surface area contributed by atoms with Crippen LogP contribution in [0.1, 0.15) is 15.9 Å². The summed E-state index contributed by atoms with van der Waals surface area (Å²) in [7, 11) is 0. The summed E-state index contributed by atoms with van der Waals surface area (Å²) < 4.78 is 38.0. The van der Waals surface area contributed by atoms with Crippen molar-refractivity contribution >= 4 is 29.0 Å². The number of nitrogens with one attached hydrogen (secondary N) is 1. The van der Waals surface area contributed by atoms with Crippen molar-refractivity contribution in [2.24, 2.45) is 0 Å². The summed E-state index contributed by atoms with van der Waals surface area (Å²) in [5.74, 6) is -1.87. The predicted molar refractivity (Wildman–Crippen MR) is 96.8 cm³/mol. The standard InChI is InChI=1S/C19H12Cl2F3NO/c1-10-16(13-6-14(20)8-15(21)7-13)9-25-17(10)11-3-2-4-12(5-11)18(26)19(22,23)24/h2-9,25H,1H3. The molecule has 3 rings (SSSR count). The van der Waals surface area contributed by atoms with E-state index in [1.807, 2.05) is 6.92 Å². The van der Waals surface area contributed by atoms with Gasteiger partial charge < -0.3 is 4.98 Å². The summed E-state index contributed by atoms with van der Waals surface area (Å²) >= 11 is 12.1. The van der Waals surface area contributed by atoms with Gasteiger partial charge in [0.15, 0.2) is 0 Å². The molecule has 0 aliphatic rings. The predicted octanol–water partition coefficient (Wildman–Crippen LogP) is 6.71. The third-order valence-electron chi connectivity index (χ3n) is 3.98. The third kappa shape index (κ3) is 3.64. The van der Waals surface area contributed by atoms with Crippen LogP contribution >= 0.6 is 23.2 Å². The Bertz CT molecular complexity index is 972. The Labute approximate surface area is 157 Å². The SMILES string of the molecule is Cc1c(-c2cc(Cl)cc(Cl)c2)c[nH]c1-c1cccc(C(=O)C(F)(F)F)c1. The Morgan fingerprint density at radius 2 is 1.65 bits per heavy atom. The number of halogens is 5. The molecule has 0 aliphatic heterocycles. The minimum atomic E-state index is -4.91. The maximum absolute atomic E-state index is 12.7. The number of carbonyl (C=O) groups is 1. The van der Waals surface area contributed by atoms with E-state index < -0.39 is 17.5 Å². The van der Waals surface area contributed by atoms with Gasteiger partial charge in [0, 0.05) is 33.1 Å². The molecule has 0 bridgehead atoms. The van der Waals surface area contributed by atoms with Crippen LogP contribution in [0.4, 0.5) is 13.2 Å². The molecular formula is C19H12Cl2F3NO. The molecule has 0 saturated heterocycles. The average molecular weight is 398 g/mol. The summed E-state index contributed by atoms with van der Waals surface area (Å²) in [6.07, 6.45) is -3.18. The van der Waals surface area contributed by atoms with Crippen LogP contribution in [0, 0.1) is 6.92 Å². The highest BCUT2D eigenvalue weighted by Crippen LogP contribution is 2.35. The van der Waals surface area contributed by atoms with Gasteiger partial charge in [-0.05, 0) is 47.9 Å². The fourth-order valence-corrected chi connectivity index (χ4v) is 3.31. The molecule has 3 aromatic rings. The Morgan fingerprint density at radius 1 is 1.00 bits per heavy atom. The molecule has 134 valence electrons. The van der Waals surface area contributed by atoms with Crippen LogP contribution in [0.25, 0.3) is 22.4 Å². The van der Waals surface area contributed by atoms with Crippen LogP contribution < -0.4 is 0 Å². The van der Waals surface area contributed by atoms with Crippen molar-refractivity contribution in [2.45, 2.75) is 13.1 Å². The molecule has 0 atom stereocenters. The lowest BCUT2D eigenvalue weighted by molar-refractivity contribution is -0.0885. The van der Waals surface area contributed by atoms with Crippen LogP contribution in [0.5, 0.6) is 0 Å². The second kappa shape index (κ2) is 6.82. The number of Topliss-reactive ketones (excluding diaryl/α,β-unsaturated/α-hetero) is 1. The molecule has 1 N–H and O–H groups in total. The molecule has 0 radical (unpaired) electrons. The van der Waals surface area contributed by atoms with E-state index in [9.17, 15) is 18.0 Å². The molecule has 0 aliphatic carbocycles. The molecule has 0 amide bonds. The first-order valence-corrected chi connectivity index (χ1v) is 8.29. The van der Waals surface area contributed by atoms with Crippen LogP contribution in [0.3, 0.4) is 0 Å². The molecule has 26 heavy (non-hydrogen) atoms. The molecule has 0 spiro atoms. The molecule has 0 saturated carbocycles. The monoisotopic (exact) mass is 397 g/mol.